The SMILES string of the molecule is CCOC(CNS(=O)(=O)C1CCCCC1)OCC. The van der Waals surface area contributed by atoms with Gasteiger partial charge in [-0.3, -0.25) is 0 Å². The highest BCUT2D eigenvalue weighted by atomic mass is 32.2. The molecule has 108 valence electrons. The second-order valence-electron chi connectivity index (χ2n) is 4.49. The molecule has 0 radical (unpaired) electrons. The molecule has 1 saturated carbocycles. The molecule has 1 rings (SSSR count). The summed E-state index contributed by atoms with van der Waals surface area (Å²) in [5, 5.41) is -0.241. The Morgan fingerprint density at radius 3 is 2.17 bits per heavy atom. The molecule has 0 aromatic heterocycles. The molecule has 1 aliphatic rings. The van der Waals surface area contributed by atoms with Gasteiger partial charge in [0.2, 0.25) is 10.0 Å². The molecule has 1 N–H and O–H groups in total. The van der Waals surface area contributed by atoms with Gasteiger partial charge in [-0.05, 0) is 26.7 Å². The van der Waals surface area contributed by atoms with Crippen LogP contribution in [0.1, 0.15) is 46.0 Å². The van der Waals surface area contributed by atoms with Crippen molar-refractivity contribution in [2.45, 2.75) is 57.5 Å². The van der Waals surface area contributed by atoms with Gasteiger partial charge in [-0.2, -0.15) is 0 Å². The average Bonchev–Trinajstić information content (AvgIpc) is 2.38. The zero-order chi connectivity index (χ0) is 13.4. The molecule has 0 heterocycles. The smallest absolute Gasteiger partial charge is 0.214 e. The molecule has 0 aromatic rings. The number of rotatable bonds is 8. The van der Waals surface area contributed by atoms with E-state index in [0.29, 0.717) is 13.2 Å². The van der Waals surface area contributed by atoms with Crippen molar-refractivity contribution < 1.29 is 17.9 Å². The molecule has 0 amide bonds. The fourth-order valence-electron chi connectivity index (χ4n) is 2.22. The van der Waals surface area contributed by atoms with Crippen LogP contribution >= 0.6 is 0 Å². The molecule has 0 saturated heterocycles. The summed E-state index contributed by atoms with van der Waals surface area (Å²) in [5.74, 6) is 0. The van der Waals surface area contributed by atoms with Crippen molar-refractivity contribution in [2.75, 3.05) is 19.8 Å². The summed E-state index contributed by atoms with van der Waals surface area (Å²) in [5.41, 5.74) is 0. The van der Waals surface area contributed by atoms with E-state index in [1.807, 2.05) is 13.8 Å². The third-order valence-electron chi connectivity index (χ3n) is 3.15. The molecule has 5 nitrogen and oxygen atoms in total. The molecule has 6 heteroatoms. The van der Waals surface area contributed by atoms with Crippen LogP contribution in [-0.4, -0.2) is 39.7 Å². The highest BCUT2D eigenvalue weighted by molar-refractivity contribution is 7.90. The van der Waals surface area contributed by atoms with Gasteiger partial charge in [-0.1, -0.05) is 19.3 Å². The first-order chi connectivity index (χ1) is 8.60. The predicted octanol–water partition coefficient (Wildman–Crippen LogP) is 1.64. The lowest BCUT2D eigenvalue weighted by molar-refractivity contribution is -0.130. The third kappa shape index (κ3) is 5.22. The second kappa shape index (κ2) is 8.09. The molecule has 1 aliphatic carbocycles. The van der Waals surface area contributed by atoms with E-state index in [1.54, 1.807) is 0 Å². The number of nitrogens with one attached hydrogen (secondary N) is 1. The van der Waals surface area contributed by atoms with E-state index >= 15 is 0 Å². The normalized spacial score (nSPS) is 18.4. The first kappa shape index (κ1) is 15.9. The Labute approximate surface area is 110 Å². The van der Waals surface area contributed by atoms with Crippen molar-refractivity contribution in [1.29, 1.82) is 0 Å². The molecule has 0 unspecified atom stereocenters. The van der Waals surface area contributed by atoms with Crippen LogP contribution in [0.15, 0.2) is 0 Å². The van der Waals surface area contributed by atoms with Crippen molar-refractivity contribution in [3.8, 4) is 0 Å². The van der Waals surface area contributed by atoms with Crippen LogP contribution in [0.3, 0.4) is 0 Å². The molecular weight excluding hydrogens is 254 g/mol. The van der Waals surface area contributed by atoms with Gasteiger partial charge in [-0.25, -0.2) is 13.1 Å². The van der Waals surface area contributed by atoms with E-state index in [0.717, 1.165) is 32.1 Å². The van der Waals surface area contributed by atoms with Gasteiger partial charge < -0.3 is 9.47 Å². The van der Waals surface area contributed by atoms with E-state index in [-0.39, 0.29) is 11.8 Å². The largest absolute Gasteiger partial charge is 0.352 e. The summed E-state index contributed by atoms with van der Waals surface area (Å²) in [6.45, 7) is 4.94. The minimum atomic E-state index is -3.23. The maximum Gasteiger partial charge on any atom is 0.214 e. The Balaban J connectivity index is 2.43. The van der Waals surface area contributed by atoms with Crippen molar-refractivity contribution in [2.24, 2.45) is 0 Å². The first-order valence-corrected chi connectivity index (χ1v) is 8.36. The summed E-state index contributed by atoms with van der Waals surface area (Å²) in [6, 6.07) is 0. The van der Waals surface area contributed by atoms with Crippen molar-refractivity contribution in [3.63, 3.8) is 0 Å². The quantitative estimate of drug-likeness (QED) is 0.686. The highest BCUT2D eigenvalue weighted by Gasteiger charge is 2.27. The molecule has 0 spiro atoms. The van der Waals surface area contributed by atoms with Gasteiger partial charge in [-0.15, -0.1) is 0 Å². The van der Waals surface area contributed by atoms with E-state index in [4.69, 9.17) is 9.47 Å². The lowest BCUT2D eigenvalue weighted by Gasteiger charge is -2.23. The van der Waals surface area contributed by atoms with E-state index in [2.05, 4.69) is 4.72 Å². The predicted molar refractivity (Wildman–Crippen MR) is 70.8 cm³/mol. The van der Waals surface area contributed by atoms with E-state index in [9.17, 15) is 8.42 Å². The van der Waals surface area contributed by atoms with E-state index in [1.165, 1.54) is 0 Å². The summed E-state index contributed by atoms with van der Waals surface area (Å²) in [6.07, 6.45) is 4.20. The van der Waals surface area contributed by atoms with Gasteiger partial charge in [0.15, 0.2) is 6.29 Å². The van der Waals surface area contributed by atoms with E-state index < -0.39 is 16.3 Å². The minimum Gasteiger partial charge on any atom is -0.352 e. The van der Waals surface area contributed by atoms with Crippen molar-refractivity contribution >= 4 is 10.0 Å². The maximum absolute atomic E-state index is 12.1. The van der Waals surface area contributed by atoms with Gasteiger partial charge >= 0.3 is 0 Å². The zero-order valence-corrected chi connectivity index (χ0v) is 12.2. The average molecular weight is 279 g/mol. The molecule has 0 atom stereocenters. The lowest BCUT2D eigenvalue weighted by Crippen LogP contribution is -2.41. The lowest BCUT2D eigenvalue weighted by atomic mass is 10.0. The Hall–Kier alpha value is -0.170. The van der Waals surface area contributed by atoms with Crippen LogP contribution in [0.5, 0.6) is 0 Å². The maximum atomic E-state index is 12.1. The Bertz CT molecular complexity index is 306. The summed E-state index contributed by atoms with van der Waals surface area (Å²) < 4.78 is 37.4. The summed E-state index contributed by atoms with van der Waals surface area (Å²) >= 11 is 0. The Morgan fingerprint density at radius 2 is 1.67 bits per heavy atom. The number of ether oxygens (including phenoxy) is 2. The Morgan fingerprint density at radius 1 is 1.11 bits per heavy atom. The van der Waals surface area contributed by atoms with Gasteiger partial charge in [0.25, 0.3) is 0 Å². The number of sulfonamides is 1. The molecule has 0 aliphatic heterocycles. The fourth-order valence-corrected chi connectivity index (χ4v) is 3.77. The number of hydrogen-bond donors (Lipinski definition) is 1. The second-order valence-corrected chi connectivity index (χ2v) is 6.54. The monoisotopic (exact) mass is 279 g/mol. The van der Waals surface area contributed by atoms with Gasteiger partial charge in [0.1, 0.15) is 0 Å². The molecule has 0 aromatic carbocycles. The topological polar surface area (TPSA) is 64.6 Å². The van der Waals surface area contributed by atoms with Crippen LogP contribution in [0.25, 0.3) is 0 Å². The molecule has 18 heavy (non-hydrogen) atoms. The van der Waals surface area contributed by atoms with Gasteiger partial charge in [0.05, 0.1) is 11.8 Å². The van der Waals surface area contributed by atoms with Crippen molar-refractivity contribution in [1.82, 2.24) is 4.72 Å². The summed E-state index contributed by atoms with van der Waals surface area (Å²) in [7, 11) is -3.23. The van der Waals surface area contributed by atoms with Crippen LogP contribution in [0.4, 0.5) is 0 Å². The zero-order valence-electron chi connectivity index (χ0n) is 11.4. The van der Waals surface area contributed by atoms with Crippen LogP contribution in [0, 0.1) is 0 Å². The third-order valence-corrected chi connectivity index (χ3v) is 5.07. The number of hydrogen-bond acceptors (Lipinski definition) is 4. The fraction of sp³-hybridized carbons (Fsp3) is 1.00. The summed E-state index contributed by atoms with van der Waals surface area (Å²) in [4.78, 5) is 0. The standard InChI is InChI=1S/C12H25NO4S/c1-3-16-12(17-4-2)10-13-18(14,15)11-8-6-5-7-9-11/h11-13H,3-10H2,1-2H3. The molecular formula is C12H25NO4S. The van der Waals surface area contributed by atoms with Gasteiger partial charge in [0, 0.05) is 13.2 Å². The molecule has 0 bridgehead atoms. The van der Waals surface area contributed by atoms with Crippen LogP contribution < -0.4 is 4.72 Å². The first-order valence-electron chi connectivity index (χ1n) is 6.81. The van der Waals surface area contributed by atoms with Crippen LogP contribution in [0.2, 0.25) is 0 Å². The van der Waals surface area contributed by atoms with Crippen LogP contribution in [-0.2, 0) is 19.5 Å². The van der Waals surface area contributed by atoms with Crippen molar-refractivity contribution in [3.05, 3.63) is 0 Å². The molecule has 1 fully saturated rings. The Kier molecular flexibility index (Phi) is 7.14. The minimum absolute atomic E-state index is 0.195. The highest BCUT2D eigenvalue weighted by Crippen LogP contribution is 2.22.